The fourth-order valence-electron chi connectivity index (χ4n) is 3.38. The third-order valence-electron chi connectivity index (χ3n) is 5.38. The van der Waals surface area contributed by atoms with E-state index >= 15 is 0 Å². The maximum atomic E-state index is 13.3. The van der Waals surface area contributed by atoms with Crippen LogP contribution in [0.2, 0.25) is 0 Å². The molecule has 1 amide bonds. The van der Waals surface area contributed by atoms with Gasteiger partial charge in [-0.05, 0) is 74.4 Å². The third kappa shape index (κ3) is 4.12. The Morgan fingerprint density at radius 3 is 2.44 bits per heavy atom. The van der Waals surface area contributed by atoms with Crippen molar-refractivity contribution < 1.29 is 23.1 Å². The highest BCUT2D eigenvalue weighted by Crippen LogP contribution is 2.33. The van der Waals surface area contributed by atoms with E-state index in [1.807, 2.05) is 32.0 Å². The molecule has 1 atom stereocenters. The van der Waals surface area contributed by atoms with Gasteiger partial charge in [0.15, 0.2) is 11.9 Å². The number of para-hydroxylation sites is 1. The minimum absolute atomic E-state index is 0.0231. The molecule has 1 N–H and O–H groups in total. The smallest absolute Gasteiger partial charge is 0.265 e. The van der Waals surface area contributed by atoms with Crippen LogP contribution in [0.5, 0.6) is 5.75 Å². The fourth-order valence-corrected chi connectivity index (χ4v) is 3.38. The van der Waals surface area contributed by atoms with Crippen molar-refractivity contribution in [1.29, 1.82) is 0 Å². The molecular formula is C26H22FNO4. The Morgan fingerprint density at radius 1 is 0.969 bits per heavy atom. The van der Waals surface area contributed by atoms with Crippen molar-refractivity contribution in [3.63, 3.8) is 0 Å². The highest BCUT2D eigenvalue weighted by atomic mass is 19.1. The number of amides is 1. The number of ether oxygens (including phenoxy) is 1. The third-order valence-corrected chi connectivity index (χ3v) is 5.38. The molecule has 0 aliphatic rings. The molecule has 0 spiro atoms. The summed E-state index contributed by atoms with van der Waals surface area (Å²) in [7, 11) is 0. The molecule has 3 aromatic carbocycles. The Hall–Kier alpha value is -3.93. The topological polar surface area (TPSA) is 68.5 Å². The monoisotopic (exact) mass is 431 g/mol. The van der Waals surface area contributed by atoms with Crippen molar-refractivity contribution in [2.75, 3.05) is 5.32 Å². The van der Waals surface area contributed by atoms with Gasteiger partial charge in [0.1, 0.15) is 17.1 Å². The molecular weight excluding hydrogens is 409 g/mol. The Kier molecular flexibility index (Phi) is 5.77. The number of ketones is 1. The summed E-state index contributed by atoms with van der Waals surface area (Å²) in [6.07, 6.45) is -0.821. The number of benzene rings is 3. The molecule has 0 saturated carbocycles. The number of nitrogens with one attached hydrogen (secondary N) is 1. The van der Waals surface area contributed by atoms with Gasteiger partial charge < -0.3 is 14.5 Å². The van der Waals surface area contributed by atoms with Gasteiger partial charge in [-0.25, -0.2) is 4.39 Å². The maximum Gasteiger partial charge on any atom is 0.265 e. The van der Waals surface area contributed by atoms with Crippen LogP contribution in [0.3, 0.4) is 0 Å². The highest BCUT2D eigenvalue weighted by molar-refractivity contribution is 6.17. The van der Waals surface area contributed by atoms with Crippen molar-refractivity contribution >= 4 is 28.3 Å². The number of halogens is 1. The predicted octanol–water partition coefficient (Wildman–Crippen LogP) is 5.83. The van der Waals surface area contributed by atoms with E-state index in [-0.39, 0.29) is 17.0 Å². The lowest BCUT2D eigenvalue weighted by Crippen LogP contribution is -2.30. The number of carbonyl (C=O) groups excluding carboxylic acids is 2. The first kappa shape index (κ1) is 21.3. The Balaban J connectivity index is 1.65. The number of hydrogen-bond acceptors (Lipinski definition) is 4. The predicted molar refractivity (Wildman–Crippen MR) is 121 cm³/mol. The fraction of sp³-hybridized carbons (Fsp3) is 0.154. The second-order valence-corrected chi connectivity index (χ2v) is 7.59. The second kappa shape index (κ2) is 8.67. The molecule has 4 aromatic rings. The van der Waals surface area contributed by atoms with E-state index in [1.54, 1.807) is 31.2 Å². The van der Waals surface area contributed by atoms with Crippen LogP contribution in [-0.4, -0.2) is 17.8 Å². The SMILES string of the molecule is Cc1cccc(O[C@@H](C)C(=O)Nc2c(C(=O)c3ccc(F)cc3)oc3ccccc23)c1C. The summed E-state index contributed by atoms with van der Waals surface area (Å²) in [5.74, 6) is -0.736. The number of anilines is 1. The van der Waals surface area contributed by atoms with Crippen molar-refractivity contribution in [2.24, 2.45) is 0 Å². The standard InChI is InChI=1S/C26H22FNO4/c1-15-7-6-10-21(16(15)2)31-17(3)26(30)28-23-20-8-4-5-9-22(20)32-25(23)24(29)18-11-13-19(27)14-12-18/h4-14,17H,1-3H3,(H,28,30)/t17-/m0/s1. The summed E-state index contributed by atoms with van der Waals surface area (Å²) >= 11 is 0. The number of carbonyl (C=O) groups is 2. The normalized spacial score (nSPS) is 11.9. The van der Waals surface area contributed by atoms with E-state index in [9.17, 15) is 14.0 Å². The van der Waals surface area contributed by atoms with Gasteiger partial charge in [-0.2, -0.15) is 0 Å². The molecule has 6 heteroatoms. The van der Waals surface area contributed by atoms with Crippen LogP contribution in [-0.2, 0) is 4.79 Å². The van der Waals surface area contributed by atoms with E-state index in [2.05, 4.69) is 5.32 Å². The number of hydrogen-bond donors (Lipinski definition) is 1. The average molecular weight is 431 g/mol. The Bertz CT molecular complexity index is 1310. The molecule has 0 aliphatic carbocycles. The summed E-state index contributed by atoms with van der Waals surface area (Å²) in [5, 5.41) is 3.39. The van der Waals surface area contributed by atoms with Crippen LogP contribution in [0.25, 0.3) is 11.0 Å². The maximum absolute atomic E-state index is 13.3. The lowest BCUT2D eigenvalue weighted by Gasteiger charge is -2.17. The largest absolute Gasteiger partial charge is 0.481 e. The minimum atomic E-state index is -0.821. The summed E-state index contributed by atoms with van der Waals surface area (Å²) < 4.78 is 24.9. The summed E-state index contributed by atoms with van der Waals surface area (Å²) in [6.45, 7) is 5.54. The van der Waals surface area contributed by atoms with Crippen LogP contribution >= 0.6 is 0 Å². The molecule has 32 heavy (non-hydrogen) atoms. The van der Waals surface area contributed by atoms with Gasteiger partial charge >= 0.3 is 0 Å². The number of aryl methyl sites for hydroxylation is 1. The quantitative estimate of drug-likeness (QED) is 0.390. The highest BCUT2D eigenvalue weighted by Gasteiger charge is 2.25. The van der Waals surface area contributed by atoms with Crippen LogP contribution in [0.15, 0.2) is 71.1 Å². The molecule has 1 heterocycles. The molecule has 0 bridgehead atoms. The first-order valence-corrected chi connectivity index (χ1v) is 10.2. The summed E-state index contributed by atoms with van der Waals surface area (Å²) in [6, 6.07) is 17.8. The van der Waals surface area contributed by atoms with Gasteiger partial charge in [-0.3, -0.25) is 9.59 Å². The molecule has 0 unspecified atom stereocenters. The molecule has 5 nitrogen and oxygen atoms in total. The molecule has 0 aliphatic heterocycles. The molecule has 162 valence electrons. The molecule has 0 fully saturated rings. The van der Waals surface area contributed by atoms with Gasteiger partial charge in [0, 0.05) is 10.9 Å². The van der Waals surface area contributed by atoms with E-state index in [1.165, 1.54) is 24.3 Å². The van der Waals surface area contributed by atoms with Gasteiger partial charge in [-0.15, -0.1) is 0 Å². The lowest BCUT2D eigenvalue weighted by atomic mass is 10.1. The van der Waals surface area contributed by atoms with Crippen LogP contribution < -0.4 is 10.1 Å². The van der Waals surface area contributed by atoms with Crippen LogP contribution in [0.4, 0.5) is 10.1 Å². The Labute approximate surface area is 184 Å². The van der Waals surface area contributed by atoms with Gasteiger partial charge in [-0.1, -0.05) is 24.3 Å². The number of furan rings is 1. The summed E-state index contributed by atoms with van der Waals surface area (Å²) in [5.41, 5.74) is 2.98. The van der Waals surface area contributed by atoms with E-state index in [0.29, 0.717) is 16.7 Å². The molecule has 0 radical (unpaired) electrons. The van der Waals surface area contributed by atoms with Crippen molar-refractivity contribution in [2.45, 2.75) is 26.9 Å². The molecule has 1 aromatic heterocycles. The van der Waals surface area contributed by atoms with Crippen LogP contribution in [0.1, 0.15) is 34.2 Å². The number of fused-ring (bicyclic) bond motifs is 1. The molecule has 4 rings (SSSR count). The van der Waals surface area contributed by atoms with E-state index in [4.69, 9.17) is 9.15 Å². The van der Waals surface area contributed by atoms with Crippen molar-refractivity contribution in [3.8, 4) is 5.75 Å². The second-order valence-electron chi connectivity index (χ2n) is 7.59. The lowest BCUT2D eigenvalue weighted by molar-refractivity contribution is -0.122. The zero-order chi connectivity index (χ0) is 22.8. The van der Waals surface area contributed by atoms with E-state index < -0.39 is 23.6 Å². The molecule has 0 saturated heterocycles. The number of rotatable bonds is 6. The van der Waals surface area contributed by atoms with E-state index in [0.717, 1.165) is 11.1 Å². The van der Waals surface area contributed by atoms with Crippen LogP contribution in [0, 0.1) is 19.7 Å². The minimum Gasteiger partial charge on any atom is -0.481 e. The zero-order valence-electron chi connectivity index (χ0n) is 17.9. The van der Waals surface area contributed by atoms with Gasteiger partial charge in [0.2, 0.25) is 5.78 Å². The first-order chi connectivity index (χ1) is 15.3. The summed E-state index contributed by atoms with van der Waals surface area (Å²) in [4.78, 5) is 26.0. The van der Waals surface area contributed by atoms with Gasteiger partial charge in [0.25, 0.3) is 5.91 Å². The zero-order valence-corrected chi connectivity index (χ0v) is 17.9. The Morgan fingerprint density at radius 2 is 1.69 bits per heavy atom. The van der Waals surface area contributed by atoms with Gasteiger partial charge in [0.05, 0.1) is 5.69 Å². The first-order valence-electron chi connectivity index (χ1n) is 10.2. The van der Waals surface area contributed by atoms with Crippen molar-refractivity contribution in [1.82, 2.24) is 0 Å². The van der Waals surface area contributed by atoms with Crippen molar-refractivity contribution in [3.05, 3.63) is 95.0 Å². The average Bonchev–Trinajstić information content (AvgIpc) is 3.15.